The number of carbonyl (C=O) groups excluding carboxylic acids is 2. The lowest BCUT2D eigenvalue weighted by Gasteiger charge is -2.50. The lowest BCUT2D eigenvalue weighted by atomic mass is 9.54. The number of alkyl halides is 1. The van der Waals surface area contributed by atoms with Gasteiger partial charge in [0, 0.05) is 5.92 Å². The van der Waals surface area contributed by atoms with E-state index >= 15 is 0 Å². The van der Waals surface area contributed by atoms with Crippen molar-refractivity contribution in [2.45, 2.75) is 17.3 Å². The molecule has 1 saturated heterocycles. The minimum absolute atomic E-state index is 0.108. The second-order valence-electron chi connectivity index (χ2n) is 8.12. The number of imide groups is 1. The molecule has 142 valence electrons. The highest BCUT2D eigenvalue weighted by atomic mass is 35.5. The molecule has 2 amide bonds. The predicted octanol–water partition coefficient (Wildman–Crippen LogP) is 4.43. The van der Waals surface area contributed by atoms with Gasteiger partial charge in [-0.1, -0.05) is 78.9 Å². The van der Waals surface area contributed by atoms with Crippen LogP contribution < -0.4 is 0 Å². The standard InChI is InChI=1S/C25H18ClNO2/c26-25-18-12-6-4-10-16(18)20(17-11-5-7-13-19(17)25)21-22(25)24(29)27(23(21)28)14-15-8-2-1-3-9-15/h1-13,20-22H,14H2/t20?,21-,22+,25?/m0/s1. The monoisotopic (exact) mass is 399 g/mol. The molecule has 1 fully saturated rings. The van der Waals surface area contributed by atoms with Gasteiger partial charge in [0.1, 0.15) is 4.87 Å². The summed E-state index contributed by atoms with van der Waals surface area (Å²) < 4.78 is 0. The van der Waals surface area contributed by atoms with Gasteiger partial charge >= 0.3 is 0 Å². The quantitative estimate of drug-likeness (QED) is 0.472. The number of amides is 2. The van der Waals surface area contributed by atoms with Crippen LogP contribution in [-0.2, 0) is 21.0 Å². The van der Waals surface area contributed by atoms with Crippen LogP contribution in [-0.4, -0.2) is 16.7 Å². The molecule has 4 heteroatoms. The third-order valence-electron chi connectivity index (χ3n) is 6.79. The molecular weight excluding hydrogens is 382 g/mol. The van der Waals surface area contributed by atoms with Crippen LogP contribution in [0.4, 0.5) is 0 Å². The minimum Gasteiger partial charge on any atom is -0.278 e. The molecule has 3 aliphatic carbocycles. The number of likely N-dealkylation sites (tertiary alicyclic amines) is 1. The highest BCUT2D eigenvalue weighted by molar-refractivity contribution is 6.30. The summed E-state index contributed by atoms with van der Waals surface area (Å²) >= 11 is 7.39. The van der Waals surface area contributed by atoms with Crippen LogP contribution >= 0.6 is 11.6 Å². The third-order valence-corrected chi connectivity index (χ3v) is 7.43. The molecule has 0 spiro atoms. The van der Waals surface area contributed by atoms with Gasteiger partial charge in [-0.15, -0.1) is 11.6 Å². The zero-order chi connectivity index (χ0) is 19.8. The van der Waals surface area contributed by atoms with Crippen molar-refractivity contribution in [2.75, 3.05) is 0 Å². The molecule has 0 saturated carbocycles. The van der Waals surface area contributed by atoms with Crippen LogP contribution in [0.25, 0.3) is 0 Å². The molecule has 0 unspecified atom stereocenters. The second-order valence-corrected chi connectivity index (χ2v) is 8.71. The molecule has 29 heavy (non-hydrogen) atoms. The van der Waals surface area contributed by atoms with Crippen molar-refractivity contribution in [1.29, 1.82) is 0 Å². The Morgan fingerprint density at radius 3 is 1.93 bits per heavy atom. The summed E-state index contributed by atoms with van der Waals surface area (Å²) in [5.41, 5.74) is 5.03. The van der Waals surface area contributed by atoms with E-state index in [1.54, 1.807) is 0 Å². The normalized spacial score (nSPS) is 28.9. The molecule has 3 nitrogen and oxygen atoms in total. The predicted molar refractivity (Wildman–Crippen MR) is 110 cm³/mol. The fourth-order valence-electron chi connectivity index (χ4n) is 5.66. The Balaban J connectivity index is 1.55. The molecule has 3 aromatic carbocycles. The molecule has 3 aromatic rings. The van der Waals surface area contributed by atoms with E-state index in [0.717, 1.165) is 27.8 Å². The molecular formula is C25H18ClNO2. The van der Waals surface area contributed by atoms with E-state index in [0.29, 0.717) is 0 Å². The highest BCUT2D eigenvalue weighted by Crippen LogP contribution is 2.65. The summed E-state index contributed by atoms with van der Waals surface area (Å²) in [6, 6.07) is 25.7. The van der Waals surface area contributed by atoms with Gasteiger partial charge in [-0.2, -0.15) is 0 Å². The number of benzene rings is 3. The molecule has 2 bridgehead atoms. The fourth-order valence-corrected chi connectivity index (χ4v) is 6.23. The molecule has 4 aliphatic rings. The van der Waals surface area contributed by atoms with Crippen molar-refractivity contribution >= 4 is 23.4 Å². The first-order valence-corrected chi connectivity index (χ1v) is 10.3. The van der Waals surface area contributed by atoms with Crippen LogP contribution in [0.1, 0.15) is 33.7 Å². The van der Waals surface area contributed by atoms with E-state index in [1.807, 2.05) is 66.7 Å². The van der Waals surface area contributed by atoms with Crippen LogP contribution in [0.3, 0.4) is 0 Å². The summed E-state index contributed by atoms with van der Waals surface area (Å²) in [5.74, 6) is -1.43. The number of halogens is 1. The Labute approximate surface area is 173 Å². The van der Waals surface area contributed by atoms with Crippen molar-refractivity contribution < 1.29 is 9.59 Å². The zero-order valence-electron chi connectivity index (χ0n) is 15.6. The molecule has 1 aliphatic heterocycles. The number of carbonyl (C=O) groups is 2. The molecule has 1 heterocycles. The van der Waals surface area contributed by atoms with E-state index in [1.165, 1.54) is 4.90 Å². The molecule has 0 radical (unpaired) electrons. The zero-order valence-corrected chi connectivity index (χ0v) is 16.3. The summed E-state index contributed by atoms with van der Waals surface area (Å²) in [6.07, 6.45) is 0. The first-order valence-electron chi connectivity index (χ1n) is 9.89. The van der Waals surface area contributed by atoms with E-state index in [9.17, 15) is 9.59 Å². The van der Waals surface area contributed by atoms with Crippen LogP contribution in [0.2, 0.25) is 0 Å². The Bertz CT molecular complexity index is 1120. The summed E-state index contributed by atoms with van der Waals surface area (Å²) in [5, 5.41) is 0. The van der Waals surface area contributed by atoms with Gasteiger partial charge in [0.15, 0.2) is 0 Å². The maximum absolute atomic E-state index is 13.6. The first-order chi connectivity index (χ1) is 14.1. The Morgan fingerprint density at radius 1 is 0.759 bits per heavy atom. The van der Waals surface area contributed by atoms with Crippen LogP contribution in [0.15, 0.2) is 78.9 Å². The average Bonchev–Trinajstić information content (AvgIpc) is 3.01. The first kappa shape index (κ1) is 17.0. The largest absolute Gasteiger partial charge is 0.278 e. The third kappa shape index (κ3) is 2.03. The molecule has 0 N–H and O–H groups in total. The topological polar surface area (TPSA) is 37.4 Å². The lowest BCUT2D eigenvalue weighted by molar-refractivity contribution is -0.140. The lowest BCUT2D eigenvalue weighted by Crippen LogP contribution is -2.50. The van der Waals surface area contributed by atoms with Crippen LogP contribution in [0, 0.1) is 11.8 Å². The summed E-state index contributed by atoms with van der Waals surface area (Å²) in [6.45, 7) is 0.290. The number of rotatable bonds is 2. The van der Waals surface area contributed by atoms with Gasteiger partial charge in [-0.3, -0.25) is 14.5 Å². The van der Waals surface area contributed by atoms with Crippen molar-refractivity contribution in [1.82, 2.24) is 4.90 Å². The average molecular weight is 400 g/mol. The molecule has 0 aromatic heterocycles. The maximum Gasteiger partial charge on any atom is 0.235 e. The van der Waals surface area contributed by atoms with E-state index in [2.05, 4.69) is 12.1 Å². The van der Waals surface area contributed by atoms with Gasteiger partial charge in [-0.25, -0.2) is 0 Å². The Morgan fingerprint density at radius 2 is 1.31 bits per heavy atom. The van der Waals surface area contributed by atoms with Gasteiger partial charge in [0.25, 0.3) is 0 Å². The second kappa shape index (κ2) is 5.80. The Hall–Kier alpha value is -2.91. The minimum atomic E-state index is -1.01. The van der Waals surface area contributed by atoms with Crippen molar-refractivity contribution in [3.8, 4) is 0 Å². The van der Waals surface area contributed by atoms with Crippen LogP contribution in [0.5, 0.6) is 0 Å². The molecule has 7 rings (SSSR count). The van der Waals surface area contributed by atoms with Gasteiger partial charge < -0.3 is 0 Å². The number of hydrogen-bond acceptors (Lipinski definition) is 2. The smallest absolute Gasteiger partial charge is 0.235 e. The number of hydrogen-bond donors (Lipinski definition) is 0. The van der Waals surface area contributed by atoms with Gasteiger partial charge in [0.2, 0.25) is 11.8 Å². The van der Waals surface area contributed by atoms with E-state index in [4.69, 9.17) is 11.6 Å². The Kier molecular flexibility index (Phi) is 3.40. The SMILES string of the molecule is O=C1[C@H]2C3c4ccccc4C(Cl)(c4ccccc43)[C@H]2C(=O)N1Cc1ccccc1. The van der Waals surface area contributed by atoms with Gasteiger partial charge in [-0.05, 0) is 27.8 Å². The van der Waals surface area contributed by atoms with E-state index < -0.39 is 16.7 Å². The molecule has 2 atom stereocenters. The summed E-state index contributed by atoms with van der Waals surface area (Å²) in [7, 11) is 0. The highest BCUT2D eigenvalue weighted by Gasteiger charge is 2.67. The van der Waals surface area contributed by atoms with Crippen molar-refractivity contribution in [2.24, 2.45) is 11.8 Å². The fraction of sp³-hybridized carbons (Fsp3) is 0.200. The summed E-state index contributed by atoms with van der Waals surface area (Å²) in [4.78, 5) is 27.6. The van der Waals surface area contributed by atoms with E-state index in [-0.39, 0.29) is 24.3 Å². The number of nitrogens with zero attached hydrogens (tertiary/aromatic N) is 1. The van der Waals surface area contributed by atoms with Gasteiger partial charge in [0.05, 0.1) is 18.4 Å². The van der Waals surface area contributed by atoms with Crippen molar-refractivity contribution in [3.05, 3.63) is 107 Å². The van der Waals surface area contributed by atoms with Crippen molar-refractivity contribution in [3.63, 3.8) is 0 Å². The maximum atomic E-state index is 13.6.